The maximum atomic E-state index is 12.6. The molecule has 0 saturated heterocycles. The van der Waals surface area contributed by atoms with Crippen LogP contribution in [0.15, 0.2) is 42.7 Å². The number of nitrogens with zero attached hydrogens (tertiary/aromatic N) is 3. The van der Waals surface area contributed by atoms with E-state index >= 15 is 0 Å². The predicted octanol–water partition coefficient (Wildman–Crippen LogP) is 2.88. The minimum atomic E-state index is -0.221. The molecule has 138 valence electrons. The van der Waals surface area contributed by atoms with Gasteiger partial charge in [-0.15, -0.1) is 0 Å². The van der Waals surface area contributed by atoms with Crippen molar-refractivity contribution in [1.29, 1.82) is 0 Å². The Morgan fingerprint density at radius 3 is 2.63 bits per heavy atom. The molecule has 1 fully saturated rings. The molecule has 7 nitrogen and oxygen atoms in total. The molecule has 2 aromatic heterocycles. The van der Waals surface area contributed by atoms with Crippen LogP contribution in [0.1, 0.15) is 47.4 Å². The van der Waals surface area contributed by atoms with Gasteiger partial charge >= 0.3 is 0 Å². The summed E-state index contributed by atoms with van der Waals surface area (Å²) in [5, 5.41) is 10.1. The van der Waals surface area contributed by atoms with Gasteiger partial charge in [0.15, 0.2) is 5.65 Å². The van der Waals surface area contributed by atoms with E-state index in [-0.39, 0.29) is 23.8 Å². The fourth-order valence-corrected chi connectivity index (χ4v) is 2.92. The van der Waals surface area contributed by atoms with Crippen LogP contribution in [0.4, 0.5) is 5.69 Å². The lowest BCUT2D eigenvalue weighted by molar-refractivity contribution is -0.117. The van der Waals surface area contributed by atoms with Crippen molar-refractivity contribution in [3.8, 4) is 0 Å². The second-order valence-electron chi connectivity index (χ2n) is 6.98. The number of aromatic nitrogens is 3. The number of carbonyl (C=O) groups excluding carboxylic acids is 2. The Labute approximate surface area is 156 Å². The molecule has 1 atom stereocenters. The highest BCUT2D eigenvalue weighted by atomic mass is 16.2. The first-order valence-electron chi connectivity index (χ1n) is 9.04. The fourth-order valence-electron chi connectivity index (χ4n) is 2.92. The number of carbonyl (C=O) groups is 2. The number of hydrogen-bond donors (Lipinski definition) is 2. The van der Waals surface area contributed by atoms with Gasteiger partial charge in [-0.3, -0.25) is 9.59 Å². The summed E-state index contributed by atoms with van der Waals surface area (Å²) in [5.41, 5.74) is 3.54. The summed E-state index contributed by atoms with van der Waals surface area (Å²) in [4.78, 5) is 28.9. The molecule has 2 heterocycles. The normalized spacial score (nSPS) is 14.7. The number of aryl methyl sites for hydroxylation is 1. The monoisotopic (exact) mass is 363 g/mol. The molecule has 1 aliphatic carbocycles. The Balaban J connectivity index is 1.44. The topological polar surface area (TPSA) is 88.4 Å². The molecule has 4 rings (SSSR count). The summed E-state index contributed by atoms with van der Waals surface area (Å²) < 4.78 is 1.59. The van der Waals surface area contributed by atoms with Gasteiger partial charge in [0.2, 0.25) is 5.91 Å². The van der Waals surface area contributed by atoms with Crippen molar-refractivity contribution in [3.63, 3.8) is 0 Å². The lowest BCUT2D eigenvalue weighted by atomic mass is 10.1. The summed E-state index contributed by atoms with van der Waals surface area (Å²) >= 11 is 0. The average Bonchev–Trinajstić information content (AvgIpc) is 3.42. The van der Waals surface area contributed by atoms with Crippen molar-refractivity contribution >= 4 is 23.1 Å². The van der Waals surface area contributed by atoms with E-state index in [2.05, 4.69) is 20.7 Å². The van der Waals surface area contributed by atoms with E-state index in [1.807, 2.05) is 44.2 Å². The van der Waals surface area contributed by atoms with Crippen molar-refractivity contribution in [2.75, 3.05) is 5.32 Å². The maximum absolute atomic E-state index is 12.6. The molecule has 1 saturated carbocycles. The number of hydrogen-bond acceptors (Lipinski definition) is 4. The molecule has 3 aromatic rings. The van der Waals surface area contributed by atoms with Gasteiger partial charge in [0.05, 0.1) is 12.2 Å². The smallest absolute Gasteiger partial charge is 0.257 e. The van der Waals surface area contributed by atoms with E-state index in [1.165, 1.54) is 6.20 Å². The SMILES string of the molecule is Cc1ccn2ncc(C(=O)NC(C)c3ccc(NC(=O)C4CC4)cc3)c2n1. The van der Waals surface area contributed by atoms with Crippen molar-refractivity contribution in [1.82, 2.24) is 19.9 Å². The van der Waals surface area contributed by atoms with E-state index in [9.17, 15) is 9.59 Å². The molecule has 0 bridgehead atoms. The first kappa shape index (κ1) is 17.2. The third kappa shape index (κ3) is 3.67. The quantitative estimate of drug-likeness (QED) is 0.729. The molecular weight excluding hydrogens is 342 g/mol. The minimum absolute atomic E-state index is 0.0833. The number of fused-ring (bicyclic) bond motifs is 1. The number of benzene rings is 1. The van der Waals surface area contributed by atoms with E-state index in [1.54, 1.807) is 10.7 Å². The summed E-state index contributed by atoms with van der Waals surface area (Å²) in [6.45, 7) is 3.79. The highest BCUT2D eigenvalue weighted by Crippen LogP contribution is 2.30. The zero-order chi connectivity index (χ0) is 19.0. The van der Waals surface area contributed by atoms with Gasteiger partial charge in [-0.2, -0.15) is 5.10 Å². The minimum Gasteiger partial charge on any atom is -0.345 e. The molecule has 27 heavy (non-hydrogen) atoms. The number of nitrogens with one attached hydrogen (secondary N) is 2. The third-order valence-electron chi connectivity index (χ3n) is 4.73. The summed E-state index contributed by atoms with van der Waals surface area (Å²) in [7, 11) is 0. The molecule has 0 aliphatic heterocycles. The van der Waals surface area contributed by atoms with Gasteiger partial charge in [0.1, 0.15) is 5.56 Å². The highest BCUT2D eigenvalue weighted by molar-refractivity contribution is 5.99. The molecule has 0 radical (unpaired) electrons. The fraction of sp³-hybridized carbons (Fsp3) is 0.300. The van der Waals surface area contributed by atoms with Crippen LogP contribution in [0.2, 0.25) is 0 Å². The van der Waals surface area contributed by atoms with Crippen LogP contribution in [-0.4, -0.2) is 26.4 Å². The predicted molar refractivity (Wildman–Crippen MR) is 101 cm³/mol. The van der Waals surface area contributed by atoms with Crippen molar-refractivity contribution < 1.29 is 9.59 Å². The van der Waals surface area contributed by atoms with Crippen LogP contribution >= 0.6 is 0 Å². The van der Waals surface area contributed by atoms with E-state index in [0.717, 1.165) is 29.8 Å². The van der Waals surface area contributed by atoms with Gasteiger partial charge in [-0.1, -0.05) is 12.1 Å². The summed E-state index contributed by atoms with van der Waals surface area (Å²) in [5.74, 6) is 0.0349. The van der Waals surface area contributed by atoms with Gasteiger partial charge in [-0.05, 0) is 50.5 Å². The van der Waals surface area contributed by atoms with E-state index in [4.69, 9.17) is 0 Å². The second-order valence-corrected chi connectivity index (χ2v) is 6.98. The van der Waals surface area contributed by atoms with Crippen LogP contribution in [-0.2, 0) is 4.79 Å². The van der Waals surface area contributed by atoms with Gasteiger partial charge in [0, 0.05) is 23.5 Å². The highest BCUT2D eigenvalue weighted by Gasteiger charge is 2.29. The lowest BCUT2D eigenvalue weighted by Crippen LogP contribution is -2.26. The lowest BCUT2D eigenvalue weighted by Gasteiger charge is -2.14. The molecule has 1 aromatic carbocycles. The van der Waals surface area contributed by atoms with Crippen molar-refractivity contribution in [2.24, 2.45) is 5.92 Å². The van der Waals surface area contributed by atoms with Crippen LogP contribution in [0.5, 0.6) is 0 Å². The molecule has 1 aliphatic rings. The van der Waals surface area contributed by atoms with Crippen LogP contribution in [0, 0.1) is 12.8 Å². The van der Waals surface area contributed by atoms with Crippen molar-refractivity contribution in [3.05, 3.63) is 59.5 Å². The Hall–Kier alpha value is -3.22. The molecule has 0 spiro atoms. The van der Waals surface area contributed by atoms with E-state index < -0.39 is 0 Å². The number of anilines is 1. The molecule has 7 heteroatoms. The van der Waals surface area contributed by atoms with Gasteiger partial charge in [-0.25, -0.2) is 9.50 Å². The number of amides is 2. The Kier molecular flexibility index (Phi) is 4.35. The first-order valence-corrected chi connectivity index (χ1v) is 9.04. The Bertz CT molecular complexity index is 1000. The Morgan fingerprint density at radius 1 is 1.19 bits per heavy atom. The van der Waals surface area contributed by atoms with E-state index in [0.29, 0.717) is 11.2 Å². The van der Waals surface area contributed by atoms with Gasteiger partial charge in [0.25, 0.3) is 5.91 Å². The standard InChI is InChI=1S/C20H21N5O2/c1-12-9-10-25-18(22-12)17(11-21-25)20(27)23-13(2)14-5-7-16(8-6-14)24-19(26)15-3-4-15/h5-11,13,15H,3-4H2,1-2H3,(H,23,27)(H,24,26). The largest absolute Gasteiger partial charge is 0.345 e. The first-order chi connectivity index (χ1) is 13.0. The molecule has 1 unspecified atom stereocenters. The number of rotatable bonds is 5. The zero-order valence-corrected chi connectivity index (χ0v) is 15.3. The zero-order valence-electron chi connectivity index (χ0n) is 15.3. The van der Waals surface area contributed by atoms with Crippen LogP contribution in [0.25, 0.3) is 5.65 Å². The summed E-state index contributed by atoms with van der Waals surface area (Å²) in [6, 6.07) is 9.19. The summed E-state index contributed by atoms with van der Waals surface area (Å²) in [6.07, 6.45) is 5.27. The average molecular weight is 363 g/mol. The maximum Gasteiger partial charge on any atom is 0.257 e. The molecule has 2 amide bonds. The third-order valence-corrected chi connectivity index (χ3v) is 4.73. The molecule has 2 N–H and O–H groups in total. The van der Waals surface area contributed by atoms with Crippen LogP contribution < -0.4 is 10.6 Å². The molecular formula is C20H21N5O2. The van der Waals surface area contributed by atoms with Gasteiger partial charge < -0.3 is 10.6 Å². The van der Waals surface area contributed by atoms with Crippen molar-refractivity contribution in [2.45, 2.75) is 32.7 Å². The second kappa shape index (κ2) is 6.83. The Morgan fingerprint density at radius 2 is 1.93 bits per heavy atom. The van der Waals surface area contributed by atoms with Crippen LogP contribution in [0.3, 0.4) is 0 Å².